The fourth-order valence-corrected chi connectivity index (χ4v) is 3.94. The highest BCUT2D eigenvalue weighted by molar-refractivity contribution is 9.10. The Kier molecular flexibility index (Phi) is 6.74. The van der Waals surface area contributed by atoms with Gasteiger partial charge in [-0.25, -0.2) is 19.5 Å². The van der Waals surface area contributed by atoms with Crippen LogP contribution in [0.2, 0.25) is 0 Å². The number of nitrogens with zero attached hydrogens (tertiary/aromatic N) is 3. The topological polar surface area (TPSA) is 192 Å². The standard InChI is InChI=1S/C17H19BrN5O8P/c18-9-3-8(4-19-15-12-16(21-6-20-12)23-7-22-15)1-2-10(9)30-17-14(25)13(24)11(31-17)5-29-32(26,27)28/h1-3,6-7,11,13-14,17,24-25H,4-5H2,(H2,26,27,28)(H2,19,20,21,22,23)/t11-,13-,14-,17?/m1/s1. The molecule has 0 radical (unpaired) electrons. The summed E-state index contributed by atoms with van der Waals surface area (Å²) in [5.41, 5.74) is 2.13. The largest absolute Gasteiger partial charge is 0.469 e. The van der Waals surface area contributed by atoms with Crippen LogP contribution in [0.3, 0.4) is 0 Å². The zero-order chi connectivity index (χ0) is 22.9. The van der Waals surface area contributed by atoms with E-state index in [1.54, 1.807) is 18.2 Å². The van der Waals surface area contributed by atoms with E-state index in [-0.39, 0.29) is 0 Å². The number of halogens is 1. The second-order valence-electron chi connectivity index (χ2n) is 6.87. The Morgan fingerprint density at radius 2 is 2.03 bits per heavy atom. The van der Waals surface area contributed by atoms with Crippen molar-refractivity contribution in [3.8, 4) is 5.75 Å². The monoisotopic (exact) mass is 531 g/mol. The van der Waals surface area contributed by atoms with Gasteiger partial charge >= 0.3 is 7.82 Å². The molecular weight excluding hydrogens is 513 g/mol. The summed E-state index contributed by atoms with van der Waals surface area (Å²) in [5, 5.41) is 23.4. The number of aromatic nitrogens is 4. The summed E-state index contributed by atoms with van der Waals surface area (Å²) >= 11 is 3.40. The lowest BCUT2D eigenvalue weighted by atomic mass is 10.1. The lowest BCUT2D eigenvalue weighted by Gasteiger charge is -2.18. The molecule has 3 heterocycles. The molecule has 13 nitrogen and oxygen atoms in total. The number of rotatable bonds is 8. The maximum Gasteiger partial charge on any atom is 0.469 e. The third-order valence-electron chi connectivity index (χ3n) is 4.65. The Morgan fingerprint density at radius 3 is 2.78 bits per heavy atom. The van der Waals surface area contributed by atoms with Crippen molar-refractivity contribution in [1.29, 1.82) is 0 Å². The summed E-state index contributed by atoms with van der Waals surface area (Å²) in [6.07, 6.45) is -2.36. The highest BCUT2D eigenvalue weighted by Gasteiger charge is 2.45. The van der Waals surface area contributed by atoms with E-state index in [0.29, 0.717) is 33.7 Å². The van der Waals surface area contributed by atoms with Crippen LogP contribution in [0.25, 0.3) is 11.2 Å². The summed E-state index contributed by atoms with van der Waals surface area (Å²) in [6, 6.07) is 5.22. The summed E-state index contributed by atoms with van der Waals surface area (Å²) in [6.45, 7) is -0.173. The van der Waals surface area contributed by atoms with Gasteiger partial charge in [0.2, 0.25) is 6.29 Å². The van der Waals surface area contributed by atoms with E-state index >= 15 is 0 Å². The zero-order valence-electron chi connectivity index (χ0n) is 16.2. The van der Waals surface area contributed by atoms with Crippen LogP contribution < -0.4 is 10.1 Å². The molecule has 1 aliphatic rings. The Hall–Kier alpha value is -2.16. The third kappa shape index (κ3) is 5.24. The van der Waals surface area contributed by atoms with Crippen molar-refractivity contribution in [2.45, 2.75) is 31.1 Å². The van der Waals surface area contributed by atoms with Gasteiger partial charge in [0.05, 0.1) is 17.4 Å². The number of fused-ring (bicyclic) bond motifs is 1. The number of phosphoric ester groups is 1. The van der Waals surface area contributed by atoms with E-state index in [2.05, 4.69) is 45.7 Å². The number of aliphatic hydroxyl groups is 2. The molecule has 0 saturated carbocycles. The first-order valence-corrected chi connectivity index (χ1v) is 11.6. The van der Waals surface area contributed by atoms with Gasteiger partial charge in [-0.2, -0.15) is 0 Å². The van der Waals surface area contributed by atoms with Gasteiger partial charge in [0.1, 0.15) is 35.9 Å². The summed E-state index contributed by atoms with van der Waals surface area (Å²) < 4.78 is 26.7. The number of aliphatic hydroxyl groups excluding tert-OH is 2. The van der Waals surface area contributed by atoms with E-state index in [9.17, 15) is 14.8 Å². The van der Waals surface area contributed by atoms with Crippen LogP contribution in [0.1, 0.15) is 5.56 Å². The number of imidazole rings is 1. The minimum atomic E-state index is -4.74. The third-order valence-corrected chi connectivity index (χ3v) is 5.75. The fourth-order valence-electron chi connectivity index (χ4n) is 3.08. The number of aromatic amines is 1. The number of nitrogens with one attached hydrogen (secondary N) is 2. The van der Waals surface area contributed by atoms with Gasteiger partial charge in [-0.3, -0.25) is 4.52 Å². The van der Waals surface area contributed by atoms with Crippen molar-refractivity contribution in [2.24, 2.45) is 0 Å². The molecule has 1 aliphatic heterocycles. The minimum Gasteiger partial charge on any atom is -0.461 e. The molecule has 3 aromatic rings. The number of hydrogen-bond donors (Lipinski definition) is 6. The number of H-pyrrole nitrogens is 1. The molecule has 0 bridgehead atoms. The molecular formula is C17H19BrN5O8P. The van der Waals surface area contributed by atoms with Gasteiger partial charge in [0.25, 0.3) is 0 Å². The van der Waals surface area contributed by atoms with Crippen molar-refractivity contribution in [1.82, 2.24) is 19.9 Å². The number of anilines is 1. The molecule has 1 saturated heterocycles. The predicted molar refractivity (Wildman–Crippen MR) is 112 cm³/mol. The predicted octanol–water partition coefficient (Wildman–Crippen LogP) is 0.662. The molecule has 1 fully saturated rings. The molecule has 1 unspecified atom stereocenters. The van der Waals surface area contributed by atoms with E-state index in [1.807, 2.05) is 0 Å². The molecule has 1 aromatic carbocycles. The highest BCUT2D eigenvalue weighted by Crippen LogP contribution is 2.37. The van der Waals surface area contributed by atoms with Crippen molar-refractivity contribution in [3.63, 3.8) is 0 Å². The van der Waals surface area contributed by atoms with Gasteiger partial charge in [0.15, 0.2) is 11.5 Å². The van der Waals surface area contributed by atoms with Crippen LogP contribution in [0.5, 0.6) is 5.75 Å². The summed E-state index contributed by atoms with van der Waals surface area (Å²) in [5.74, 6) is 0.934. The quantitative estimate of drug-likeness (QED) is 0.223. The van der Waals surface area contributed by atoms with Crippen molar-refractivity contribution in [3.05, 3.63) is 40.9 Å². The van der Waals surface area contributed by atoms with Crippen molar-refractivity contribution in [2.75, 3.05) is 11.9 Å². The van der Waals surface area contributed by atoms with Crippen molar-refractivity contribution >= 4 is 40.7 Å². The van der Waals surface area contributed by atoms with Crippen LogP contribution >= 0.6 is 23.8 Å². The van der Waals surface area contributed by atoms with Crippen LogP contribution in [-0.4, -0.2) is 71.1 Å². The molecule has 4 rings (SSSR count). The zero-order valence-corrected chi connectivity index (χ0v) is 18.7. The van der Waals surface area contributed by atoms with E-state index < -0.39 is 39.0 Å². The Labute approximate surface area is 189 Å². The molecule has 2 aromatic heterocycles. The van der Waals surface area contributed by atoms with Gasteiger partial charge in [-0.1, -0.05) is 6.07 Å². The number of ether oxygens (including phenoxy) is 2. The highest BCUT2D eigenvalue weighted by atomic mass is 79.9. The van der Waals surface area contributed by atoms with Gasteiger partial charge in [-0.05, 0) is 33.6 Å². The average Bonchev–Trinajstić information content (AvgIpc) is 3.32. The number of phosphoric acid groups is 1. The van der Waals surface area contributed by atoms with Gasteiger partial charge < -0.3 is 39.8 Å². The molecule has 172 valence electrons. The molecule has 0 amide bonds. The molecule has 4 atom stereocenters. The van der Waals surface area contributed by atoms with E-state index in [0.717, 1.165) is 5.56 Å². The number of hydrogen-bond acceptors (Lipinski definition) is 10. The van der Waals surface area contributed by atoms with Crippen molar-refractivity contribution < 1.29 is 38.6 Å². The first-order chi connectivity index (χ1) is 15.2. The normalized spacial score (nSPS) is 23.5. The first kappa shape index (κ1) is 23.0. The molecule has 15 heteroatoms. The molecule has 32 heavy (non-hydrogen) atoms. The van der Waals surface area contributed by atoms with E-state index in [1.165, 1.54) is 12.7 Å². The van der Waals surface area contributed by atoms with Crippen LogP contribution in [0.15, 0.2) is 35.3 Å². The first-order valence-electron chi connectivity index (χ1n) is 9.26. The fraction of sp³-hybridized carbons (Fsp3) is 0.353. The van der Waals surface area contributed by atoms with Gasteiger partial charge in [-0.15, -0.1) is 0 Å². The van der Waals surface area contributed by atoms with Crippen LogP contribution in [0, 0.1) is 0 Å². The maximum atomic E-state index is 10.8. The smallest absolute Gasteiger partial charge is 0.461 e. The Balaban J connectivity index is 1.38. The lowest BCUT2D eigenvalue weighted by molar-refractivity contribution is -0.116. The Morgan fingerprint density at radius 1 is 1.22 bits per heavy atom. The maximum absolute atomic E-state index is 10.8. The second-order valence-corrected chi connectivity index (χ2v) is 8.96. The Bertz CT molecular complexity index is 1140. The average molecular weight is 532 g/mol. The van der Waals surface area contributed by atoms with Crippen LogP contribution in [-0.2, 0) is 20.4 Å². The molecule has 0 spiro atoms. The van der Waals surface area contributed by atoms with Gasteiger partial charge in [0, 0.05) is 6.54 Å². The molecule has 0 aliphatic carbocycles. The van der Waals surface area contributed by atoms with E-state index in [4.69, 9.17) is 19.3 Å². The van der Waals surface area contributed by atoms with Crippen LogP contribution in [0.4, 0.5) is 5.82 Å². The summed E-state index contributed by atoms with van der Waals surface area (Å²) in [7, 11) is -4.74. The second kappa shape index (κ2) is 9.37. The summed E-state index contributed by atoms with van der Waals surface area (Å²) in [4.78, 5) is 32.9. The minimum absolute atomic E-state index is 0.333. The lowest BCUT2D eigenvalue weighted by Crippen LogP contribution is -2.35. The number of benzene rings is 1. The molecule has 6 N–H and O–H groups in total. The SMILES string of the molecule is O=P(O)(O)OC[C@H]1OC(Oc2ccc(CNc3ncnc4nc[nH]c34)cc2Br)[C@H](O)[C@@H]1O.